The second-order valence-electron chi connectivity index (χ2n) is 4.98. The monoisotopic (exact) mass is 320 g/mol. The molecule has 0 fully saturated rings. The van der Waals surface area contributed by atoms with Crippen LogP contribution in [0.15, 0.2) is 53.4 Å². The van der Waals surface area contributed by atoms with Gasteiger partial charge in [-0.25, -0.2) is 0 Å². The van der Waals surface area contributed by atoms with Crippen molar-refractivity contribution in [2.75, 3.05) is 5.75 Å². The van der Waals surface area contributed by atoms with Crippen LogP contribution in [0.2, 0.25) is 5.02 Å². The van der Waals surface area contributed by atoms with E-state index in [1.807, 2.05) is 18.2 Å². The van der Waals surface area contributed by atoms with Gasteiger partial charge in [-0.05, 0) is 35.7 Å². The number of aryl methyl sites for hydroxylation is 1. The molecule has 0 radical (unpaired) electrons. The summed E-state index contributed by atoms with van der Waals surface area (Å²) in [4.78, 5) is 1.16. The molecule has 0 aliphatic heterocycles. The molecule has 2 rings (SSSR count). The van der Waals surface area contributed by atoms with Crippen LogP contribution in [0.5, 0.6) is 0 Å². The minimum atomic E-state index is 0.130. The Kier molecular flexibility index (Phi) is 6.58. The first-order valence-corrected chi connectivity index (χ1v) is 8.52. The molecule has 4 heteroatoms. The van der Waals surface area contributed by atoms with Crippen molar-refractivity contribution in [3.05, 3.63) is 64.7 Å². The minimum Gasteiger partial charge on any atom is -0.271 e. The number of nitrogens with one attached hydrogen (secondary N) is 1. The van der Waals surface area contributed by atoms with Gasteiger partial charge in [-0.1, -0.05) is 55.3 Å². The van der Waals surface area contributed by atoms with Gasteiger partial charge >= 0.3 is 0 Å². The predicted molar refractivity (Wildman–Crippen MR) is 92.7 cm³/mol. The molecule has 0 spiro atoms. The molecule has 0 saturated carbocycles. The second kappa shape index (κ2) is 8.44. The summed E-state index contributed by atoms with van der Waals surface area (Å²) in [5.74, 6) is 6.60. The van der Waals surface area contributed by atoms with Gasteiger partial charge in [-0.15, -0.1) is 11.8 Å². The Hall–Kier alpha value is -1.00. The summed E-state index contributed by atoms with van der Waals surface area (Å²) >= 11 is 7.77. The van der Waals surface area contributed by atoms with E-state index >= 15 is 0 Å². The molecule has 1 atom stereocenters. The molecule has 0 aliphatic rings. The van der Waals surface area contributed by atoms with Crippen LogP contribution >= 0.6 is 23.4 Å². The first-order chi connectivity index (χ1) is 10.2. The second-order valence-corrected chi connectivity index (χ2v) is 6.51. The van der Waals surface area contributed by atoms with Crippen molar-refractivity contribution < 1.29 is 0 Å². The van der Waals surface area contributed by atoms with Crippen LogP contribution in [0.3, 0.4) is 0 Å². The Morgan fingerprint density at radius 3 is 2.71 bits per heavy atom. The van der Waals surface area contributed by atoms with E-state index in [0.29, 0.717) is 0 Å². The minimum absolute atomic E-state index is 0.130. The first-order valence-electron chi connectivity index (χ1n) is 7.16. The van der Waals surface area contributed by atoms with Gasteiger partial charge in [-0.2, -0.15) is 0 Å². The van der Waals surface area contributed by atoms with Crippen molar-refractivity contribution in [2.24, 2.45) is 5.84 Å². The van der Waals surface area contributed by atoms with Crippen molar-refractivity contribution in [1.29, 1.82) is 0 Å². The zero-order valence-electron chi connectivity index (χ0n) is 12.2. The summed E-state index contributed by atoms with van der Waals surface area (Å²) in [6.45, 7) is 2.19. The standard InChI is InChI=1S/C17H21ClN2S/c1-2-5-13-6-3-7-14(10-13)17(20-19)12-21-16-9-4-8-15(18)11-16/h3-4,6-11,17,20H,2,5,12,19H2,1H3. The number of halogens is 1. The van der Waals surface area contributed by atoms with Crippen LogP contribution in [0, 0.1) is 0 Å². The zero-order chi connectivity index (χ0) is 15.1. The van der Waals surface area contributed by atoms with Gasteiger partial charge in [-0.3, -0.25) is 11.3 Å². The summed E-state index contributed by atoms with van der Waals surface area (Å²) < 4.78 is 0. The lowest BCUT2D eigenvalue weighted by molar-refractivity contribution is 0.610. The molecule has 2 nitrogen and oxygen atoms in total. The Labute approximate surface area is 136 Å². The van der Waals surface area contributed by atoms with Crippen LogP contribution < -0.4 is 11.3 Å². The number of hydrogen-bond acceptors (Lipinski definition) is 3. The maximum Gasteiger partial charge on any atom is 0.0554 e. The van der Waals surface area contributed by atoms with Crippen LogP contribution in [-0.4, -0.2) is 5.75 Å². The fourth-order valence-electron chi connectivity index (χ4n) is 2.23. The summed E-state index contributed by atoms with van der Waals surface area (Å²) in [5, 5.41) is 0.766. The van der Waals surface area contributed by atoms with E-state index in [0.717, 1.165) is 28.5 Å². The van der Waals surface area contributed by atoms with E-state index in [1.165, 1.54) is 11.1 Å². The van der Waals surface area contributed by atoms with Gasteiger partial charge in [0, 0.05) is 15.7 Å². The van der Waals surface area contributed by atoms with Crippen LogP contribution in [0.1, 0.15) is 30.5 Å². The van der Waals surface area contributed by atoms with E-state index < -0.39 is 0 Å². The van der Waals surface area contributed by atoms with Crippen molar-refractivity contribution in [1.82, 2.24) is 5.43 Å². The topological polar surface area (TPSA) is 38.0 Å². The molecule has 0 aliphatic carbocycles. The van der Waals surface area contributed by atoms with E-state index in [4.69, 9.17) is 17.4 Å². The van der Waals surface area contributed by atoms with Crippen LogP contribution in [-0.2, 0) is 6.42 Å². The molecule has 0 heterocycles. The molecule has 0 aromatic heterocycles. The third-order valence-electron chi connectivity index (χ3n) is 3.31. The highest BCUT2D eigenvalue weighted by Crippen LogP contribution is 2.26. The number of hydrazine groups is 1. The van der Waals surface area contributed by atoms with Crippen LogP contribution in [0.25, 0.3) is 0 Å². The van der Waals surface area contributed by atoms with Crippen molar-refractivity contribution in [3.63, 3.8) is 0 Å². The molecule has 21 heavy (non-hydrogen) atoms. The molecular formula is C17H21ClN2S. The van der Waals surface area contributed by atoms with Crippen molar-refractivity contribution in [2.45, 2.75) is 30.7 Å². The van der Waals surface area contributed by atoms with E-state index in [1.54, 1.807) is 11.8 Å². The summed E-state index contributed by atoms with van der Waals surface area (Å²) in [5.41, 5.74) is 5.52. The molecule has 2 aromatic rings. The zero-order valence-corrected chi connectivity index (χ0v) is 13.8. The van der Waals surface area contributed by atoms with Gasteiger partial charge in [0.25, 0.3) is 0 Å². The third-order valence-corrected chi connectivity index (χ3v) is 4.63. The normalized spacial score (nSPS) is 12.3. The molecule has 2 aromatic carbocycles. The summed E-state index contributed by atoms with van der Waals surface area (Å²) in [6, 6.07) is 16.7. The highest BCUT2D eigenvalue weighted by Gasteiger charge is 2.11. The highest BCUT2D eigenvalue weighted by atomic mass is 35.5. The largest absolute Gasteiger partial charge is 0.271 e. The lowest BCUT2D eigenvalue weighted by Gasteiger charge is -2.17. The number of benzene rings is 2. The van der Waals surface area contributed by atoms with Crippen molar-refractivity contribution in [3.8, 4) is 0 Å². The lowest BCUT2D eigenvalue weighted by atomic mass is 10.0. The van der Waals surface area contributed by atoms with Crippen molar-refractivity contribution >= 4 is 23.4 Å². The smallest absolute Gasteiger partial charge is 0.0554 e. The Balaban J connectivity index is 2.04. The maximum absolute atomic E-state index is 6.01. The molecular weight excluding hydrogens is 300 g/mol. The molecule has 112 valence electrons. The average Bonchev–Trinajstić information content (AvgIpc) is 2.49. The molecule has 3 N–H and O–H groups in total. The first kappa shape index (κ1) is 16.4. The SMILES string of the molecule is CCCc1cccc(C(CSc2cccc(Cl)c2)NN)c1. The summed E-state index contributed by atoms with van der Waals surface area (Å²) in [6.07, 6.45) is 2.26. The van der Waals surface area contributed by atoms with Gasteiger partial charge in [0.2, 0.25) is 0 Å². The number of thioether (sulfide) groups is 1. The van der Waals surface area contributed by atoms with E-state index in [9.17, 15) is 0 Å². The molecule has 0 bridgehead atoms. The number of rotatable bonds is 7. The third kappa shape index (κ3) is 5.04. The lowest BCUT2D eigenvalue weighted by Crippen LogP contribution is -2.29. The highest BCUT2D eigenvalue weighted by molar-refractivity contribution is 7.99. The van der Waals surface area contributed by atoms with E-state index in [2.05, 4.69) is 42.7 Å². The fourth-order valence-corrected chi connectivity index (χ4v) is 3.52. The van der Waals surface area contributed by atoms with Gasteiger partial charge in [0.15, 0.2) is 0 Å². The number of nitrogens with two attached hydrogens (primary N) is 1. The quantitative estimate of drug-likeness (QED) is 0.445. The van der Waals surface area contributed by atoms with Gasteiger partial charge in [0.1, 0.15) is 0 Å². The Morgan fingerprint density at radius 2 is 2.00 bits per heavy atom. The summed E-state index contributed by atoms with van der Waals surface area (Å²) in [7, 11) is 0. The number of hydrogen-bond donors (Lipinski definition) is 2. The maximum atomic E-state index is 6.01. The Morgan fingerprint density at radius 1 is 1.19 bits per heavy atom. The molecule has 1 unspecified atom stereocenters. The predicted octanol–water partition coefficient (Wildman–Crippen LogP) is 4.59. The average molecular weight is 321 g/mol. The van der Waals surface area contributed by atoms with E-state index in [-0.39, 0.29) is 6.04 Å². The fraction of sp³-hybridized carbons (Fsp3) is 0.294. The molecule has 0 saturated heterocycles. The van der Waals surface area contributed by atoms with Gasteiger partial charge in [0.05, 0.1) is 6.04 Å². The molecule has 0 amide bonds. The van der Waals surface area contributed by atoms with Crippen LogP contribution in [0.4, 0.5) is 0 Å². The Bertz CT molecular complexity index is 574. The van der Waals surface area contributed by atoms with Gasteiger partial charge < -0.3 is 0 Å².